The molecule has 1 heterocycles. The number of amides is 1. The molecule has 144 valence electrons. The Kier molecular flexibility index (Phi) is 6.11. The number of carbonyl (C=O) groups excluding carboxylic acids is 1. The molecule has 0 fully saturated rings. The van der Waals surface area contributed by atoms with E-state index in [-0.39, 0.29) is 12.0 Å². The normalized spacial score (nSPS) is 10.4. The van der Waals surface area contributed by atoms with Gasteiger partial charge in [0.1, 0.15) is 17.2 Å². The van der Waals surface area contributed by atoms with Crippen molar-refractivity contribution in [3.63, 3.8) is 0 Å². The van der Waals surface area contributed by atoms with Crippen LogP contribution < -0.4 is 20.1 Å². The quantitative estimate of drug-likeness (QED) is 0.614. The highest BCUT2D eigenvalue weighted by atomic mass is 16.5. The standard InChI is InChI=1S/C22H23N3O3/c1-15(2)28-21-7-5-4-6-19(21)25-22(26)20-14-17(12-13-23-20)24-16-8-10-18(27-3)11-9-16/h4-15H,1-3H3,(H,23,24)(H,25,26). The van der Waals surface area contributed by atoms with Crippen LogP contribution in [0.2, 0.25) is 0 Å². The minimum absolute atomic E-state index is 0.00759. The van der Waals surface area contributed by atoms with Gasteiger partial charge in [-0.1, -0.05) is 12.1 Å². The summed E-state index contributed by atoms with van der Waals surface area (Å²) in [5.41, 5.74) is 2.56. The van der Waals surface area contributed by atoms with E-state index < -0.39 is 0 Å². The number of nitrogens with zero attached hydrogens (tertiary/aromatic N) is 1. The van der Waals surface area contributed by atoms with E-state index in [1.54, 1.807) is 31.5 Å². The van der Waals surface area contributed by atoms with Crippen LogP contribution in [0.3, 0.4) is 0 Å². The van der Waals surface area contributed by atoms with Crippen molar-refractivity contribution in [2.24, 2.45) is 0 Å². The van der Waals surface area contributed by atoms with Crippen LogP contribution in [0, 0.1) is 0 Å². The van der Waals surface area contributed by atoms with E-state index >= 15 is 0 Å². The molecule has 3 aromatic rings. The molecule has 6 nitrogen and oxygen atoms in total. The van der Waals surface area contributed by atoms with Crippen LogP contribution in [0.5, 0.6) is 11.5 Å². The van der Waals surface area contributed by atoms with Crippen molar-refractivity contribution >= 4 is 23.0 Å². The maximum Gasteiger partial charge on any atom is 0.274 e. The fraction of sp³-hybridized carbons (Fsp3) is 0.182. The number of anilines is 3. The van der Waals surface area contributed by atoms with Crippen molar-refractivity contribution in [1.82, 2.24) is 4.98 Å². The Bertz CT molecular complexity index is 940. The maximum atomic E-state index is 12.7. The molecule has 2 aromatic carbocycles. The number of rotatable bonds is 7. The molecule has 0 unspecified atom stereocenters. The predicted octanol–water partition coefficient (Wildman–Crippen LogP) is 4.87. The van der Waals surface area contributed by atoms with Crippen molar-refractivity contribution in [3.05, 3.63) is 72.6 Å². The smallest absolute Gasteiger partial charge is 0.274 e. The van der Waals surface area contributed by atoms with Crippen LogP contribution in [-0.2, 0) is 0 Å². The summed E-state index contributed by atoms with van der Waals surface area (Å²) in [6.45, 7) is 3.88. The Morgan fingerprint density at radius 3 is 2.46 bits per heavy atom. The van der Waals surface area contributed by atoms with Crippen LogP contribution in [-0.4, -0.2) is 24.1 Å². The van der Waals surface area contributed by atoms with Crippen molar-refractivity contribution in [2.45, 2.75) is 20.0 Å². The molecular weight excluding hydrogens is 354 g/mol. The van der Waals surface area contributed by atoms with E-state index in [2.05, 4.69) is 15.6 Å². The number of methoxy groups -OCH3 is 1. The van der Waals surface area contributed by atoms with Crippen molar-refractivity contribution < 1.29 is 14.3 Å². The summed E-state index contributed by atoms with van der Waals surface area (Å²) in [6.07, 6.45) is 1.60. The third-order valence-corrected chi connectivity index (χ3v) is 3.87. The van der Waals surface area contributed by atoms with Crippen LogP contribution in [0.4, 0.5) is 17.1 Å². The first-order valence-corrected chi connectivity index (χ1v) is 8.99. The lowest BCUT2D eigenvalue weighted by Gasteiger charge is -2.15. The number of hydrogen-bond donors (Lipinski definition) is 2. The summed E-state index contributed by atoms with van der Waals surface area (Å²) >= 11 is 0. The minimum Gasteiger partial charge on any atom is -0.497 e. The Morgan fingerprint density at radius 2 is 1.75 bits per heavy atom. The molecule has 0 radical (unpaired) electrons. The second kappa shape index (κ2) is 8.90. The second-order valence-corrected chi connectivity index (χ2v) is 6.40. The van der Waals surface area contributed by atoms with E-state index in [0.717, 1.165) is 17.1 Å². The van der Waals surface area contributed by atoms with Gasteiger partial charge in [0.05, 0.1) is 18.9 Å². The van der Waals surface area contributed by atoms with Crippen molar-refractivity contribution in [3.8, 4) is 11.5 Å². The zero-order chi connectivity index (χ0) is 19.9. The Hall–Kier alpha value is -3.54. The Balaban J connectivity index is 1.73. The average Bonchev–Trinajstić information content (AvgIpc) is 2.70. The van der Waals surface area contributed by atoms with Crippen LogP contribution in [0.1, 0.15) is 24.3 Å². The molecule has 0 saturated carbocycles. The van der Waals surface area contributed by atoms with Crippen LogP contribution in [0.25, 0.3) is 0 Å². The molecule has 0 aliphatic carbocycles. The Morgan fingerprint density at radius 1 is 1.00 bits per heavy atom. The molecular formula is C22H23N3O3. The third kappa shape index (κ3) is 5.01. The highest BCUT2D eigenvalue weighted by molar-refractivity contribution is 6.04. The number of hydrogen-bond acceptors (Lipinski definition) is 5. The summed E-state index contributed by atoms with van der Waals surface area (Å²) in [4.78, 5) is 16.8. The van der Waals surface area contributed by atoms with Gasteiger partial charge in [-0.05, 0) is 62.4 Å². The number of para-hydroxylation sites is 2. The summed E-state index contributed by atoms with van der Waals surface area (Å²) in [5.74, 6) is 1.10. The largest absolute Gasteiger partial charge is 0.497 e. The fourth-order valence-electron chi connectivity index (χ4n) is 2.59. The van der Waals surface area contributed by atoms with E-state index in [1.165, 1.54) is 0 Å². The number of pyridine rings is 1. The lowest BCUT2D eigenvalue weighted by Crippen LogP contribution is -2.15. The number of nitrogens with one attached hydrogen (secondary N) is 2. The highest BCUT2D eigenvalue weighted by Gasteiger charge is 2.12. The molecule has 0 bridgehead atoms. The van der Waals surface area contributed by atoms with Gasteiger partial charge >= 0.3 is 0 Å². The van der Waals surface area contributed by atoms with Crippen LogP contribution >= 0.6 is 0 Å². The SMILES string of the molecule is COc1ccc(Nc2ccnc(C(=O)Nc3ccccc3OC(C)C)c2)cc1. The number of carbonyl (C=O) groups is 1. The fourth-order valence-corrected chi connectivity index (χ4v) is 2.59. The maximum absolute atomic E-state index is 12.7. The summed E-state index contributed by atoms with van der Waals surface area (Å²) in [6, 6.07) is 18.4. The molecule has 0 aliphatic rings. The summed E-state index contributed by atoms with van der Waals surface area (Å²) < 4.78 is 10.9. The molecule has 0 aliphatic heterocycles. The molecule has 3 rings (SSSR count). The number of ether oxygens (including phenoxy) is 2. The lowest BCUT2D eigenvalue weighted by molar-refractivity contribution is 0.102. The first-order valence-electron chi connectivity index (χ1n) is 8.99. The molecule has 6 heteroatoms. The zero-order valence-electron chi connectivity index (χ0n) is 16.1. The van der Waals surface area contributed by atoms with Gasteiger partial charge in [-0.25, -0.2) is 0 Å². The molecule has 0 spiro atoms. The van der Waals surface area contributed by atoms with E-state index in [0.29, 0.717) is 17.1 Å². The topological polar surface area (TPSA) is 72.5 Å². The third-order valence-electron chi connectivity index (χ3n) is 3.87. The van der Waals surface area contributed by atoms with Crippen molar-refractivity contribution in [1.29, 1.82) is 0 Å². The zero-order valence-corrected chi connectivity index (χ0v) is 16.1. The van der Waals surface area contributed by atoms with E-state index in [4.69, 9.17) is 9.47 Å². The molecule has 28 heavy (non-hydrogen) atoms. The molecule has 1 aromatic heterocycles. The van der Waals surface area contributed by atoms with E-state index in [1.807, 2.05) is 56.3 Å². The monoisotopic (exact) mass is 377 g/mol. The van der Waals surface area contributed by atoms with Gasteiger partial charge in [0.15, 0.2) is 0 Å². The molecule has 2 N–H and O–H groups in total. The molecule has 0 saturated heterocycles. The van der Waals surface area contributed by atoms with Gasteiger partial charge < -0.3 is 20.1 Å². The van der Waals surface area contributed by atoms with Gasteiger partial charge in [-0.15, -0.1) is 0 Å². The number of aromatic nitrogens is 1. The second-order valence-electron chi connectivity index (χ2n) is 6.40. The van der Waals surface area contributed by atoms with Gasteiger partial charge in [-0.2, -0.15) is 0 Å². The predicted molar refractivity (Wildman–Crippen MR) is 111 cm³/mol. The van der Waals surface area contributed by atoms with Gasteiger partial charge in [-0.3, -0.25) is 9.78 Å². The van der Waals surface area contributed by atoms with Gasteiger partial charge in [0, 0.05) is 17.6 Å². The van der Waals surface area contributed by atoms with Crippen LogP contribution in [0.15, 0.2) is 66.9 Å². The average molecular weight is 377 g/mol. The highest BCUT2D eigenvalue weighted by Crippen LogP contribution is 2.26. The molecule has 1 amide bonds. The Labute approximate surface area is 164 Å². The molecule has 0 atom stereocenters. The minimum atomic E-state index is -0.307. The number of benzene rings is 2. The summed E-state index contributed by atoms with van der Waals surface area (Å²) in [5, 5.41) is 6.12. The first-order chi connectivity index (χ1) is 13.5. The van der Waals surface area contributed by atoms with Gasteiger partial charge in [0.2, 0.25) is 0 Å². The van der Waals surface area contributed by atoms with E-state index in [9.17, 15) is 4.79 Å². The lowest BCUT2D eigenvalue weighted by atomic mass is 10.2. The van der Waals surface area contributed by atoms with Gasteiger partial charge in [0.25, 0.3) is 5.91 Å². The van der Waals surface area contributed by atoms with Crippen molar-refractivity contribution in [2.75, 3.05) is 17.7 Å². The summed E-state index contributed by atoms with van der Waals surface area (Å²) in [7, 11) is 1.63. The first kappa shape index (κ1) is 19.2.